The summed E-state index contributed by atoms with van der Waals surface area (Å²) >= 11 is 0. The van der Waals surface area contributed by atoms with Gasteiger partial charge < -0.3 is 19.7 Å². The third kappa shape index (κ3) is 6.78. The zero-order valence-electron chi connectivity index (χ0n) is 22.1. The van der Waals surface area contributed by atoms with Crippen LogP contribution in [0.3, 0.4) is 0 Å². The highest BCUT2D eigenvalue weighted by molar-refractivity contribution is 5.86. The number of fused-ring (bicyclic) bond motifs is 1. The van der Waals surface area contributed by atoms with Crippen LogP contribution >= 0.6 is 0 Å². The van der Waals surface area contributed by atoms with E-state index in [1.54, 1.807) is 5.01 Å². The van der Waals surface area contributed by atoms with Crippen molar-refractivity contribution in [2.75, 3.05) is 51.2 Å². The summed E-state index contributed by atoms with van der Waals surface area (Å²) in [5.41, 5.74) is 4.34. The third-order valence-electron chi connectivity index (χ3n) is 7.03. The van der Waals surface area contributed by atoms with Crippen LogP contribution in [-0.4, -0.2) is 77.6 Å². The fraction of sp³-hybridized carbons (Fsp3) is 0.379. The van der Waals surface area contributed by atoms with Gasteiger partial charge in [0.15, 0.2) is 0 Å². The average molecular weight is 503 g/mol. The number of amides is 2. The van der Waals surface area contributed by atoms with Crippen molar-refractivity contribution in [1.29, 1.82) is 0 Å². The van der Waals surface area contributed by atoms with E-state index < -0.39 is 0 Å². The van der Waals surface area contributed by atoms with Gasteiger partial charge in [-0.25, -0.2) is 5.01 Å². The molecule has 1 aliphatic rings. The molecule has 0 bridgehead atoms. The van der Waals surface area contributed by atoms with Crippen molar-refractivity contribution in [2.45, 2.75) is 26.9 Å². The highest BCUT2D eigenvalue weighted by atomic mass is 16.2. The van der Waals surface area contributed by atoms with Crippen LogP contribution in [0.4, 0.5) is 5.69 Å². The van der Waals surface area contributed by atoms with Crippen LogP contribution in [0.2, 0.25) is 0 Å². The van der Waals surface area contributed by atoms with Crippen molar-refractivity contribution < 1.29 is 9.59 Å². The minimum absolute atomic E-state index is 0.0572. The lowest BCUT2D eigenvalue weighted by Crippen LogP contribution is -2.48. The number of likely N-dealkylation sites (N-methyl/N-ethyl adjacent to an activating group) is 2. The molecule has 0 atom stereocenters. The first-order chi connectivity index (χ1) is 18.0. The highest BCUT2D eigenvalue weighted by Gasteiger charge is 2.26. The maximum absolute atomic E-state index is 13.4. The van der Waals surface area contributed by atoms with E-state index in [0.29, 0.717) is 19.6 Å². The normalized spacial score (nSPS) is 13.0. The summed E-state index contributed by atoms with van der Waals surface area (Å²) in [4.78, 5) is 30.4. The average Bonchev–Trinajstić information content (AvgIpc) is 3.61. The number of benzene rings is 2. The number of nitrogens with one attached hydrogen (secondary N) is 1. The van der Waals surface area contributed by atoms with Crippen LogP contribution in [0.1, 0.15) is 25.0 Å². The summed E-state index contributed by atoms with van der Waals surface area (Å²) in [6.07, 6.45) is 3.98. The van der Waals surface area contributed by atoms with E-state index in [9.17, 15) is 9.59 Å². The van der Waals surface area contributed by atoms with Crippen LogP contribution < -0.4 is 10.2 Å². The Morgan fingerprint density at radius 3 is 2.08 bits per heavy atom. The Morgan fingerprint density at radius 1 is 0.865 bits per heavy atom. The fourth-order valence-corrected chi connectivity index (χ4v) is 4.65. The van der Waals surface area contributed by atoms with Gasteiger partial charge >= 0.3 is 0 Å². The van der Waals surface area contributed by atoms with Crippen LogP contribution in [0, 0.1) is 0 Å². The molecule has 2 amide bonds. The molecule has 0 radical (unpaired) electrons. The zero-order valence-corrected chi connectivity index (χ0v) is 22.1. The van der Waals surface area contributed by atoms with Gasteiger partial charge in [-0.15, -0.1) is 0 Å². The highest BCUT2D eigenvalue weighted by Crippen LogP contribution is 2.24. The number of anilines is 1. The predicted octanol–water partition coefficient (Wildman–Crippen LogP) is 3.13. The van der Waals surface area contributed by atoms with Gasteiger partial charge in [0.05, 0.1) is 13.1 Å². The molecule has 0 fully saturated rings. The van der Waals surface area contributed by atoms with Gasteiger partial charge in [-0.3, -0.25) is 14.6 Å². The van der Waals surface area contributed by atoms with Crippen LogP contribution in [0.25, 0.3) is 5.69 Å². The van der Waals surface area contributed by atoms with E-state index in [1.807, 2.05) is 82.4 Å². The molecule has 1 N–H and O–H groups in total. The monoisotopic (exact) mass is 502 g/mol. The zero-order chi connectivity index (χ0) is 26.2. The molecule has 8 nitrogen and oxygen atoms in total. The first-order valence-corrected chi connectivity index (χ1v) is 13.0. The SMILES string of the molecule is CCN(CC)CCNC(=O)CN(CC(=O)N(C)N1Cc2ccccc2C1)c1ccc(-n2cccc2)cc1. The maximum atomic E-state index is 13.4. The first kappa shape index (κ1) is 26.4. The number of rotatable bonds is 12. The molecule has 0 aliphatic carbocycles. The molecule has 0 unspecified atom stereocenters. The Kier molecular flexibility index (Phi) is 8.98. The number of hydrogen-bond donors (Lipinski definition) is 1. The molecule has 2 heterocycles. The molecule has 4 rings (SSSR count). The molecule has 0 saturated heterocycles. The number of aromatic nitrogens is 1. The minimum atomic E-state index is -0.0920. The summed E-state index contributed by atoms with van der Waals surface area (Å²) in [5, 5.41) is 6.76. The van der Waals surface area contributed by atoms with E-state index >= 15 is 0 Å². The molecule has 0 spiro atoms. The smallest absolute Gasteiger partial charge is 0.256 e. The summed E-state index contributed by atoms with van der Waals surface area (Å²) < 4.78 is 2.03. The lowest BCUT2D eigenvalue weighted by Gasteiger charge is -2.31. The van der Waals surface area contributed by atoms with E-state index in [1.165, 1.54) is 11.1 Å². The maximum Gasteiger partial charge on any atom is 0.256 e. The molecule has 1 aliphatic heterocycles. The first-order valence-electron chi connectivity index (χ1n) is 13.0. The lowest BCUT2D eigenvalue weighted by molar-refractivity contribution is -0.145. The Morgan fingerprint density at radius 2 is 1.49 bits per heavy atom. The lowest BCUT2D eigenvalue weighted by atomic mass is 10.1. The Hall–Kier alpha value is -3.62. The molecule has 0 saturated carbocycles. The quantitative estimate of drug-likeness (QED) is 0.412. The second-order valence-electron chi connectivity index (χ2n) is 9.35. The van der Waals surface area contributed by atoms with Gasteiger partial charge in [0.25, 0.3) is 5.91 Å². The second kappa shape index (κ2) is 12.6. The molecular weight excluding hydrogens is 464 g/mol. The molecular formula is C29H38N6O2. The number of hydrogen-bond acceptors (Lipinski definition) is 5. The second-order valence-corrected chi connectivity index (χ2v) is 9.35. The summed E-state index contributed by atoms with van der Waals surface area (Å²) in [5.74, 6) is -0.149. The van der Waals surface area contributed by atoms with E-state index in [2.05, 4.69) is 36.2 Å². The van der Waals surface area contributed by atoms with Crippen molar-refractivity contribution in [1.82, 2.24) is 24.8 Å². The standard InChI is InChI=1S/C29H38N6O2/c1-4-32(5-2)19-16-30-28(36)22-34(27-14-12-26(13-15-27)33-17-8-9-18-33)23-29(37)31(3)35-20-24-10-6-7-11-25(24)21-35/h6-15,17-18H,4-5,16,19-23H2,1-3H3,(H,30,36). The third-order valence-corrected chi connectivity index (χ3v) is 7.03. The summed E-state index contributed by atoms with van der Waals surface area (Å²) in [7, 11) is 1.81. The van der Waals surface area contributed by atoms with Gasteiger partial charge in [0, 0.05) is 57.0 Å². The number of carbonyl (C=O) groups is 2. The molecule has 1 aromatic heterocycles. The van der Waals surface area contributed by atoms with E-state index in [0.717, 1.165) is 31.0 Å². The van der Waals surface area contributed by atoms with E-state index in [4.69, 9.17) is 0 Å². The van der Waals surface area contributed by atoms with Gasteiger partial charge in [0.2, 0.25) is 5.91 Å². The van der Waals surface area contributed by atoms with E-state index in [-0.39, 0.29) is 24.9 Å². The predicted molar refractivity (Wildman–Crippen MR) is 147 cm³/mol. The Balaban J connectivity index is 1.43. The fourth-order valence-electron chi connectivity index (χ4n) is 4.65. The van der Waals surface area contributed by atoms with Gasteiger partial charge in [-0.2, -0.15) is 0 Å². The Labute approximate surface area is 220 Å². The molecule has 196 valence electrons. The van der Waals surface area contributed by atoms with Crippen molar-refractivity contribution in [3.8, 4) is 5.69 Å². The van der Waals surface area contributed by atoms with Crippen molar-refractivity contribution in [2.24, 2.45) is 0 Å². The largest absolute Gasteiger partial charge is 0.353 e. The molecule has 2 aromatic carbocycles. The van der Waals surface area contributed by atoms with Crippen LogP contribution in [-0.2, 0) is 22.7 Å². The topological polar surface area (TPSA) is 64.1 Å². The summed E-state index contributed by atoms with van der Waals surface area (Å²) in [6.45, 7) is 9.16. The number of nitrogens with zero attached hydrogens (tertiary/aromatic N) is 5. The number of hydrazine groups is 1. The van der Waals surface area contributed by atoms with Crippen LogP contribution in [0.5, 0.6) is 0 Å². The number of carbonyl (C=O) groups excluding carboxylic acids is 2. The van der Waals surface area contributed by atoms with Crippen molar-refractivity contribution >= 4 is 17.5 Å². The molecule has 8 heteroatoms. The van der Waals surface area contributed by atoms with Gasteiger partial charge in [-0.05, 0) is 60.6 Å². The van der Waals surface area contributed by atoms with Gasteiger partial charge in [-0.1, -0.05) is 38.1 Å². The van der Waals surface area contributed by atoms with Crippen molar-refractivity contribution in [3.63, 3.8) is 0 Å². The Bertz CT molecular complexity index is 1130. The molecule has 3 aromatic rings. The molecule has 37 heavy (non-hydrogen) atoms. The van der Waals surface area contributed by atoms with Crippen LogP contribution in [0.15, 0.2) is 73.1 Å². The van der Waals surface area contributed by atoms with Gasteiger partial charge in [0.1, 0.15) is 0 Å². The summed E-state index contributed by atoms with van der Waals surface area (Å²) in [6, 6.07) is 20.2. The van der Waals surface area contributed by atoms with Crippen molar-refractivity contribution in [3.05, 3.63) is 84.2 Å². The minimum Gasteiger partial charge on any atom is -0.353 e.